The van der Waals surface area contributed by atoms with Crippen LogP contribution in [0.3, 0.4) is 0 Å². The summed E-state index contributed by atoms with van der Waals surface area (Å²) in [5.41, 5.74) is -1.72. The van der Waals surface area contributed by atoms with E-state index in [-0.39, 0.29) is 5.82 Å². The van der Waals surface area contributed by atoms with E-state index < -0.39 is 59.0 Å². The average molecular weight is 885 g/mol. The van der Waals surface area contributed by atoms with Gasteiger partial charge in [0.1, 0.15) is 18.3 Å². The summed E-state index contributed by atoms with van der Waals surface area (Å²) < 4.78 is 46.7. The van der Waals surface area contributed by atoms with Crippen LogP contribution in [0, 0.1) is 0 Å². The number of phosphoric acid groups is 2. The highest BCUT2D eigenvalue weighted by atomic mass is 31.3. The fourth-order valence-corrected chi connectivity index (χ4v) is 8.15. The van der Waals surface area contributed by atoms with Crippen LogP contribution in [-0.2, 0) is 27.1 Å². The van der Waals surface area contributed by atoms with E-state index in [0.29, 0.717) is 6.08 Å². The molecule has 23 heteroatoms. The molecule has 340 valence electrons. The van der Waals surface area contributed by atoms with E-state index in [4.69, 9.17) is 19.4 Å². The molecule has 0 aliphatic carbocycles. The van der Waals surface area contributed by atoms with Crippen LogP contribution in [0.4, 0.5) is 0 Å². The number of aliphatic hydroxyl groups is 2. The summed E-state index contributed by atoms with van der Waals surface area (Å²) in [5, 5.41) is 20.0. The van der Waals surface area contributed by atoms with Crippen LogP contribution in [0.5, 0.6) is 0 Å². The van der Waals surface area contributed by atoms with Gasteiger partial charge in [-0.1, -0.05) is 83.1 Å². The summed E-state index contributed by atoms with van der Waals surface area (Å²) in [7, 11) is -16.3. The quantitative estimate of drug-likeness (QED) is 0.0981. The van der Waals surface area contributed by atoms with Gasteiger partial charge in [-0.05, 0) is 84.6 Å². The number of ether oxygens (including phenoxy) is 1. The average Bonchev–Trinajstić information content (AvgIpc) is 3.42. The van der Waals surface area contributed by atoms with Gasteiger partial charge in [0.25, 0.3) is 5.56 Å². The van der Waals surface area contributed by atoms with Crippen LogP contribution >= 0.6 is 23.2 Å². The highest BCUT2D eigenvalue weighted by Gasteiger charge is 2.44. The number of nitrogens with one attached hydrogen (secondary N) is 1. The molecule has 1 saturated heterocycles. The molecule has 0 bridgehead atoms. The van der Waals surface area contributed by atoms with Gasteiger partial charge in [0.05, 0.1) is 0 Å². The maximum atomic E-state index is 11.8. The number of rotatable bonds is 19. The topological polar surface area (TPSA) is 268 Å². The Hall–Kier alpha value is -1.41. The second kappa shape index (κ2) is 32.4. The zero-order valence-corrected chi connectivity index (χ0v) is 38.8. The molecule has 0 spiro atoms. The number of H-pyrrole nitrogens is 1. The molecule has 1 aliphatic heterocycles. The molecule has 7 N–H and O–H groups in total. The van der Waals surface area contributed by atoms with Gasteiger partial charge in [0.15, 0.2) is 6.23 Å². The molecule has 1 aromatic heterocycles. The first-order valence-electron chi connectivity index (χ1n) is 19.5. The SMILES string of the molecule is CCN(CC)CC.CCN(CC)CC.CCN(CC)CC.CCN(CC)CC.O=c1ccn([C@@H]2O[C@H](/C=C/P(=O)(O)OP(=O)(O)OP(=O)(O)O)[C@@H](O)[C@H]2O)c(=O)[nH]1. The molecule has 1 fully saturated rings. The van der Waals surface area contributed by atoms with Crippen LogP contribution < -0.4 is 11.2 Å². The number of aliphatic hydroxyl groups excluding tert-OH is 2. The summed E-state index contributed by atoms with van der Waals surface area (Å²) in [4.78, 5) is 69.7. The molecule has 2 rings (SSSR count). The van der Waals surface area contributed by atoms with Crippen molar-refractivity contribution in [3.8, 4) is 0 Å². The van der Waals surface area contributed by atoms with Crippen molar-refractivity contribution >= 4 is 23.2 Å². The lowest BCUT2D eigenvalue weighted by molar-refractivity contribution is -0.0297. The Labute approximate surface area is 339 Å². The fourth-order valence-electron chi connectivity index (χ4n) is 4.90. The first-order chi connectivity index (χ1) is 26.5. The summed E-state index contributed by atoms with van der Waals surface area (Å²) in [6, 6.07) is 0.933. The number of aromatic amines is 1. The van der Waals surface area contributed by atoms with E-state index in [1.54, 1.807) is 0 Å². The Morgan fingerprint density at radius 3 is 1.28 bits per heavy atom. The van der Waals surface area contributed by atoms with Gasteiger partial charge in [0.2, 0.25) is 0 Å². The molecule has 0 amide bonds. The van der Waals surface area contributed by atoms with Gasteiger partial charge in [-0.3, -0.25) is 18.9 Å². The van der Waals surface area contributed by atoms with Crippen molar-refractivity contribution in [3.63, 3.8) is 0 Å². The van der Waals surface area contributed by atoms with Crippen molar-refractivity contribution in [3.05, 3.63) is 45.0 Å². The van der Waals surface area contributed by atoms with Crippen molar-refractivity contribution in [1.29, 1.82) is 0 Å². The molecule has 1 aliphatic rings. The Morgan fingerprint density at radius 2 is 1.00 bits per heavy atom. The van der Waals surface area contributed by atoms with Crippen molar-refractivity contribution in [2.45, 2.75) is 108 Å². The van der Waals surface area contributed by atoms with Gasteiger partial charge in [-0.25, -0.2) is 18.2 Å². The second-order valence-electron chi connectivity index (χ2n) is 12.0. The largest absolute Gasteiger partial charge is 0.488 e. The third-order valence-corrected chi connectivity index (χ3v) is 12.6. The molecule has 6 atom stereocenters. The molecule has 2 heterocycles. The van der Waals surface area contributed by atoms with Crippen LogP contribution in [0.1, 0.15) is 89.3 Å². The van der Waals surface area contributed by atoms with Gasteiger partial charge in [0, 0.05) is 18.1 Å². The van der Waals surface area contributed by atoms with Crippen molar-refractivity contribution in [2.75, 3.05) is 78.5 Å². The lowest BCUT2D eigenvalue weighted by Crippen LogP contribution is -2.37. The van der Waals surface area contributed by atoms with Crippen LogP contribution in [0.15, 0.2) is 33.7 Å². The number of nitrogens with zero attached hydrogens (tertiary/aromatic N) is 5. The zero-order chi connectivity index (χ0) is 45.0. The van der Waals surface area contributed by atoms with E-state index in [2.05, 4.69) is 111 Å². The van der Waals surface area contributed by atoms with Crippen molar-refractivity contribution < 1.29 is 56.8 Å². The van der Waals surface area contributed by atoms with Crippen LogP contribution in [-0.4, -0.2) is 156 Å². The van der Waals surface area contributed by atoms with Gasteiger partial charge >= 0.3 is 28.9 Å². The Balaban J connectivity index is -0.000000838. The molecule has 0 radical (unpaired) electrons. The summed E-state index contributed by atoms with van der Waals surface area (Å²) in [5.74, 6) is 0.234. The smallest absolute Gasteiger partial charge is 0.387 e. The number of hydrogen-bond donors (Lipinski definition) is 7. The molecule has 2 unspecified atom stereocenters. The van der Waals surface area contributed by atoms with E-state index >= 15 is 0 Å². The van der Waals surface area contributed by atoms with Crippen LogP contribution in [0.25, 0.3) is 0 Å². The van der Waals surface area contributed by atoms with E-state index in [9.17, 15) is 38.4 Å². The predicted octanol–water partition coefficient (Wildman–Crippen LogP) is 3.47. The maximum absolute atomic E-state index is 11.8. The maximum Gasteiger partial charge on any atom is 0.488 e. The minimum Gasteiger partial charge on any atom is -0.387 e. The highest BCUT2D eigenvalue weighted by Crippen LogP contribution is 2.66. The predicted molar refractivity (Wildman–Crippen MR) is 224 cm³/mol. The number of hydrogen-bond acceptors (Lipinski definition) is 14. The first-order valence-corrected chi connectivity index (χ1v) is 24.2. The Kier molecular flexibility index (Phi) is 34.0. The monoisotopic (exact) mass is 884 g/mol. The van der Waals surface area contributed by atoms with Gasteiger partial charge < -0.3 is 54.1 Å². The normalized spacial score (nSPS) is 20.1. The molecule has 0 saturated carbocycles. The minimum atomic E-state index is -5.65. The van der Waals surface area contributed by atoms with Gasteiger partial charge in [-0.2, -0.15) is 4.31 Å². The second-order valence-corrected chi connectivity index (χ2v) is 16.6. The van der Waals surface area contributed by atoms with Gasteiger partial charge in [-0.15, -0.1) is 0 Å². The molecule has 20 nitrogen and oxygen atoms in total. The molecule has 0 aromatic carbocycles. The number of aromatic nitrogens is 2. The fraction of sp³-hybridized carbons (Fsp3) is 0.824. The highest BCUT2D eigenvalue weighted by molar-refractivity contribution is 7.69. The summed E-state index contributed by atoms with van der Waals surface area (Å²) >= 11 is 0. The van der Waals surface area contributed by atoms with E-state index in [1.807, 2.05) is 4.98 Å². The standard InChI is InChI=1S/C10H15N2O14P3.4C6H15N/c13-6-1-3-12(10(16)11-6)9-8(15)7(14)5(24-9)2-4-27(17,18)25-29(22,23)26-28(19,20)21;4*1-4-7(5-2)6-3/h1-5,7-9,14-15H,(H,17,18)(H,22,23)(H,11,13,16)(H2,19,20,21);4*4-6H2,1-3H3/b4-2+;;;;/t5-,7-,8-,9-;;;;/m1..../s1. The van der Waals surface area contributed by atoms with E-state index in [1.165, 1.54) is 78.5 Å². The molecule has 57 heavy (non-hydrogen) atoms. The van der Waals surface area contributed by atoms with Crippen molar-refractivity contribution in [1.82, 2.24) is 29.2 Å². The first kappa shape index (κ1) is 59.9. The Bertz CT molecular complexity index is 1380. The third-order valence-electron chi connectivity index (χ3n) is 8.66. The summed E-state index contributed by atoms with van der Waals surface area (Å²) in [6.07, 6.45) is -4.90. The van der Waals surface area contributed by atoms with E-state index in [0.717, 1.165) is 16.8 Å². The molecule has 1 aromatic rings. The zero-order valence-electron chi connectivity index (χ0n) is 36.1. The Morgan fingerprint density at radius 1 is 0.649 bits per heavy atom. The molecular formula is C34H75N6O14P3. The minimum absolute atomic E-state index is 0.234. The summed E-state index contributed by atoms with van der Waals surface area (Å²) in [6.45, 7) is 40.5. The molecular weight excluding hydrogens is 809 g/mol. The third kappa shape index (κ3) is 27.9. The van der Waals surface area contributed by atoms with Crippen LogP contribution in [0.2, 0.25) is 0 Å². The lowest BCUT2D eigenvalue weighted by Gasteiger charge is -2.16. The van der Waals surface area contributed by atoms with Crippen molar-refractivity contribution in [2.24, 2.45) is 0 Å². The lowest BCUT2D eigenvalue weighted by atomic mass is 10.1.